The van der Waals surface area contributed by atoms with Gasteiger partial charge in [0.05, 0.1) is 49.5 Å². The maximum atomic E-state index is 13.3. The van der Waals surface area contributed by atoms with Crippen molar-refractivity contribution in [3.63, 3.8) is 0 Å². The predicted octanol–water partition coefficient (Wildman–Crippen LogP) is 4.70. The van der Waals surface area contributed by atoms with E-state index in [9.17, 15) is 4.79 Å². The summed E-state index contributed by atoms with van der Waals surface area (Å²) >= 11 is 6.16. The Morgan fingerprint density at radius 2 is 1.78 bits per heavy atom. The molecule has 0 radical (unpaired) electrons. The molecule has 37 heavy (non-hydrogen) atoms. The van der Waals surface area contributed by atoms with Crippen LogP contribution in [0.4, 0.5) is 5.69 Å². The number of amides is 1. The number of nitrogens with one attached hydrogen (secondary N) is 2. The lowest BCUT2D eigenvalue weighted by atomic mass is 10.0. The number of para-hydroxylation sites is 1. The van der Waals surface area contributed by atoms with Crippen molar-refractivity contribution in [2.75, 3.05) is 44.2 Å². The molecule has 1 amide bonds. The fourth-order valence-corrected chi connectivity index (χ4v) is 5.24. The van der Waals surface area contributed by atoms with Crippen LogP contribution in [0, 0.1) is 13.8 Å². The van der Waals surface area contributed by atoms with Gasteiger partial charge in [-0.2, -0.15) is 0 Å². The molecule has 1 saturated heterocycles. The number of nitrogens with zero attached hydrogens (tertiary/aromatic N) is 2. The van der Waals surface area contributed by atoms with E-state index in [-0.39, 0.29) is 5.91 Å². The number of aryl methyl sites for hydroxylation is 2. The summed E-state index contributed by atoms with van der Waals surface area (Å²) in [5, 5.41) is 4.83. The highest BCUT2D eigenvalue weighted by atomic mass is 35.5. The number of aromatic nitrogens is 1. The number of carbonyl (C=O) groups excluding carboxylic acids is 1. The molecule has 5 rings (SSSR count). The molecule has 2 N–H and O–H groups in total. The van der Waals surface area contributed by atoms with Crippen LogP contribution in [0.2, 0.25) is 5.02 Å². The lowest BCUT2D eigenvalue weighted by Crippen LogP contribution is -3.15. The van der Waals surface area contributed by atoms with Crippen LogP contribution in [-0.2, 0) is 0 Å². The van der Waals surface area contributed by atoms with Crippen molar-refractivity contribution in [1.82, 2.24) is 10.3 Å². The minimum absolute atomic E-state index is 0.0375. The number of carbonyl (C=O) groups is 1. The molecule has 2 heterocycles. The largest absolute Gasteiger partial charge is 0.360 e. The minimum atomic E-state index is -0.0375. The molecular formula is C31H34ClN4O+. The maximum Gasteiger partial charge on any atom is 0.252 e. The molecule has 1 aliphatic rings. The van der Waals surface area contributed by atoms with Gasteiger partial charge >= 0.3 is 0 Å². The summed E-state index contributed by atoms with van der Waals surface area (Å²) in [6.07, 6.45) is 0.950. The zero-order valence-electron chi connectivity index (χ0n) is 21.6. The maximum absolute atomic E-state index is 13.3. The molecule has 0 atom stereocenters. The quantitative estimate of drug-likeness (QED) is 0.352. The Hall–Kier alpha value is -3.41. The van der Waals surface area contributed by atoms with Gasteiger partial charge in [0.15, 0.2) is 0 Å². The van der Waals surface area contributed by atoms with Gasteiger partial charge in [-0.3, -0.25) is 4.79 Å². The minimum Gasteiger partial charge on any atom is -0.360 e. The van der Waals surface area contributed by atoms with Crippen LogP contribution in [0.3, 0.4) is 0 Å². The van der Waals surface area contributed by atoms with Gasteiger partial charge in [-0.05, 0) is 61.4 Å². The molecular weight excluding hydrogens is 480 g/mol. The number of pyridine rings is 1. The molecule has 0 unspecified atom stereocenters. The third-order valence-corrected chi connectivity index (χ3v) is 7.64. The zero-order valence-corrected chi connectivity index (χ0v) is 22.3. The van der Waals surface area contributed by atoms with Crippen LogP contribution in [-0.4, -0.2) is 50.2 Å². The highest BCUT2D eigenvalue weighted by Gasteiger charge is 2.20. The SMILES string of the molecule is Cc1ccc(-c2cc(C(=O)NCCC[NH+]3CCN(c4cccc(Cl)c4)CC3)c3ccccc3n2)cc1C. The Morgan fingerprint density at radius 3 is 2.57 bits per heavy atom. The number of fused-ring (bicyclic) bond motifs is 1. The molecule has 5 nitrogen and oxygen atoms in total. The van der Waals surface area contributed by atoms with Crippen molar-refractivity contribution >= 4 is 34.1 Å². The first-order valence-corrected chi connectivity index (χ1v) is 13.5. The van der Waals surface area contributed by atoms with E-state index < -0.39 is 0 Å². The summed E-state index contributed by atoms with van der Waals surface area (Å²) in [5.41, 5.74) is 7.04. The van der Waals surface area contributed by atoms with Crippen LogP contribution < -0.4 is 15.1 Å². The molecule has 0 bridgehead atoms. The highest BCUT2D eigenvalue weighted by Crippen LogP contribution is 2.26. The molecule has 0 spiro atoms. The highest BCUT2D eigenvalue weighted by molar-refractivity contribution is 6.30. The van der Waals surface area contributed by atoms with Gasteiger partial charge < -0.3 is 15.1 Å². The summed E-state index contributed by atoms with van der Waals surface area (Å²) < 4.78 is 0. The molecule has 1 fully saturated rings. The van der Waals surface area contributed by atoms with Gasteiger partial charge in [-0.15, -0.1) is 0 Å². The van der Waals surface area contributed by atoms with Crippen molar-refractivity contribution in [3.8, 4) is 11.3 Å². The Bertz CT molecular complexity index is 1410. The van der Waals surface area contributed by atoms with E-state index >= 15 is 0 Å². The number of hydrogen-bond acceptors (Lipinski definition) is 3. The molecule has 3 aromatic carbocycles. The number of halogens is 1. The fraction of sp³-hybridized carbons (Fsp3) is 0.290. The first-order chi connectivity index (χ1) is 18.0. The third-order valence-electron chi connectivity index (χ3n) is 7.40. The number of anilines is 1. The van der Waals surface area contributed by atoms with Crippen molar-refractivity contribution < 1.29 is 9.69 Å². The number of rotatable bonds is 7. The number of piperazine rings is 1. The van der Waals surface area contributed by atoms with Gasteiger partial charge in [-0.1, -0.05) is 48.0 Å². The second-order valence-corrected chi connectivity index (χ2v) is 10.4. The smallest absolute Gasteiger partial charge is 0.252 e. The Morgan fingerprint density at radius 1 is 0.973 bits per heavy atom. The van der Waals surface area contributed by atoms with Gasteiger partial charge in [0.1, 0.15) is 0 Å². The van der Waals surface area contributed by atoms with Gasteiger partial charge in [0, 0.05) is 34.6 Å². The Labute approximate surface area is 224 Å². The van der Waals surface area contributed by atoms with Crippen LogP contribution in [0.1, 0.15) is 27.9 Å². The van der Waals surface area contributed by atoms with E-state index in [1.54, 1.807) is 4.90 Å². The molecule has 6 heteroatoms. The normalized spacial score (nSPS) is 14.2. The number of hydrogen-bond donors (Lipinski definition) is 2. The van der Waals surface area contributed by atoms with Crippen LogP contribution in [0.15, 0.2) is 72.8 Å². The lowest BCUT2D eigenvalue weighted by molar-refractivity contribution is -0.900. The molecule has 1 aliphatic heterocycles. The van der Waals surface area contributed by atoms with Crippen molar-refractivity contribution in [2.24, 2.45) is 0 Å². The topological polar surface area (TPSA) is 49.7 Å². The second-order valence-electron chi connectivity index (χ2n) is 9.95. The van der Waals surface area contributed by atoms with Crippen LogP contribution >= 0.6 is 11.6 Å². The van der Waals surface area contributed by atoms with E-state index in [1.807, 2.05) is 48.5 Å². The Balaban J connectivity index is 1.19. The second kappa shape index (κ2) is 11.3. The van der Waals surface area contributed by atoms with Crippen LogP contribution in [0.5, 0.6) is 0 Å². The van der Waals surface area contributed by atoms with Gasteiger partial charge in [-0.25, -0.2) is 4.98 Å². The van der Waals surface area contributed by atoms with E-state index in [0.29, 0.717) is 12.1 Å². The summed E-state index contributed by atoms with van der Waals surface area (Å²) in [4.78, 5) is 22.1. The fourth-order valence-electron chi connectivity index (χ4n) is 5.05. The van der Waals surface area contributed by atoms with E-state index in [0.717, 1.165) is 66.3 Å². The number of benzene rings is 3. The van der Waals surface area contributed by atoms with Crippen LogP contribution in [0.25, 0.3) is 22.2 Å². The summed E-state index contributed by atoms with van der Waals surface area (Å²) in [6, 6.07) is 24.2. The molecule has 4 aromatic rings. The van der Waals surface area contributed by atoms with Gasteiger partial charge in [0.25, 0.3) is 5.91 Å². The standard InChI is InChI=1S/C31H33ClN4O/c1-22-11-12-24(19-23(22)2)30-21-28(27-9-3-4-10-29(27)34-30)31(37)33-13-6-14-35-15-17-36(18-16-35)26-8-5-7-25(32)20-26/h3-5,7-12,19-21H,6,13-18H2,1-2H3,(H,33,37)/p+1. The first-order valence-electron chi connectivity index (χ1n) is 13.1. The first kappa shape index (κ1) is 25.2. The van der Waals surface area contributed by atoms with Crippen molar-refractivity contribution in [3.05, 3.63) is 94.5 Å². The molecule has 0 saturated carbocycles. The average molecular weight is 514 g/mol. The average Bonchev–Trinajstić information content (AvgIpc) is 2.92. The van der Waals surface area contributed by atoms with E-state index in [4.69, 9.17) is 16.6 Å². The molecule has 0 aliphatic carbocycles. The van der Waals surface area contributed by atoms with Crippen molar-refractivity contribution in [1.29, 1.82) is 0 Å². The summed E-state index contributed by atoms with van der Waals surface area (Å²) in [7, 11) is 0. The zero-order chi connectivity index (χ0) is 25.8. The third kappa shape index (κ3) is 5.95. The lowest BCUT2D eigenvalue weighted by Gasteiger charge is -2.33. The number of quaternary nitrogens is 1. The van der Waals surface area contributed by atoms with E-state index in [1.165, 1.54) is 16.8 Å². The summed E-state index contributed by atoms with van der Waals surface area (Å²) in [5.74, 6) is -0.0375. The Kier molecular flexibility index (Phi) is 7.73. The summed E-state index contributed by atoms with van der Waals surface area (Å²) in [6.45, 7) is 10.1. The monoisotopic (exact) mass is 513 g/mol. The molecule has 190 valence electrons. The van der Waals surface area contributed by atoms with E-state index in [2.05, 4.69) is 48.3 Å². The van der Waals surface area contributed by atoms with Crippen molar-refractivity contribution in [2.45, 2.75) is 20.3 Å². The molecule has 1 aromatic heterocycles. The predicted molar refractivity (Wildman–Crippen MR) is 153 cm³/mol. The van der Waals surface area contributed by atoms with Gasteiger partial charge in [0.2, 0.25) is 0 Å².